The first-order valence-electron chi connectivity index (χ1n) is 7.10. The number of nitrogens with zero attached hydrogens (tertiary/aromatic N) is 4. The molecule has 24 heavy (non-hydrogen) atoms. The molecule has 2 aromatic heterocycles. The van der Waals surface area contributed by atoms with E-state index in [1.165, 1.54) is 40.4 Å². The number of benzene rings is 2. The van der Waals surface area contributed by atoms with Gasteiger partial charge in [0.05, 0.1) is 38.9 Å². The average Bonchev–Trinajstić information content (AvgIpc) is 2.99. The lowest BCUT2D eigenvalue weighted by Crippen LogP contribution is -2.21. The van der Waals surface area contributed by atoms with Crippen molar-refractivity contribution in [1.29, 1.82) is 0 Å². The maximum atomic E-state index is 12.6. The van der Waals surface area contributed by atoms with E-state index in [0.29, 0.717) is 17.4 Å². The van der Waals surface area contributed by atoms with Gasteiger partial charge in [-0.25, -0.2) is 9.97 Å². The van der Waals surface area contributed by atoms with E-state index in [2.05, 4.69) is 9.97 Å². The van der Waals surface area contributed by atoms with Gasteiger partial charge in [-0.1, -0.05) is 12.1 Å². The van der Waals surface area contributed by atoms with Crippen LogP contribution in [0, 0.1) is 10.1 Å². The summed E-state index contributed by atoms with van der Waals surface area (Å²) in [7, 11) is 0. The number of para-hydroxylation sites is 1. The van der Waals surface area contributed by atoms with Gasteiger partial charge >= 0.3 is 0 Å². The van der Waals surface area contributed by atoms with E-state index in [0.717, 1.165) is 15.2 Å². The summed E-state index contributed by atoms with van der Waals surface area (Å²) in [6, 6.07) is 11.8. The minimum atomic E-state index is -0.506. The Morgan fingerprint density at radius 3 is 2.79 bits per heavy atom. The highest BCUT2D eigenvalue weighted by molar-refractivity contribution is 7.18. The summed E-state index contributed by atoms with van der Waals surface area (Å²) < 4.78 is 2.52. The maximum Gasteiger partial charge on any atom is 0.271 e. The highest BCUT2D eigenvalue weighted by Gasteiger charge is 2.11. The first kappa shape index (κ1) is 14.5. The van der Waals surface area contributed by atoms with E-state index in [4.69, 9.17) is 0 Å². The van der Waals surface area contributed by atoms with E-state index in [1.807, 2.05) is 24.3 Å². The smallest absolute Gasteiger partial charge is 0.271 e. The van der Waals surface area contributed by atoms with Crippen molar-refractivity contribution >= 4 is 38.1 Å². The van der Waals surface area contributed by atoms with Crippen LogP contribution in [0.15, 0.2) is 53.6 Å². The molecule has 0 amide bonds. The lowest BCUT2D eigenvalue weighted by Gasteiger charge is -2.04. The number of non-ortho nitro benzene ring substituents is 1. The summed E-state index contributed by atoms with van der Waals surface area (Å²) in [4.78, 5) is 31.5. The highest BCUT2D eigenvalue weighted by atomic mass is 32.1. The van der Waals surface area contributed by atoms with Crippen molar-refractivity contribution in [3.8, 4) is 0 Å². The van der Waals surface area contributed by atoms with Crippen LogP contribution < -0.4 is 5.56 Å². The summed E-state index contributed by atoms with van der Waals surface area (Å²) in [6.45, 7) is 0.318. The molecule has 2 aromatic carbocycles. The van der Waals surface area contributed by atoms with Crippen molar-refractivity contribution in [2.45, 2.75) is 6.54 Å². The standard InChI is InChI=1S/C16H10N4O3S/c21-16-11-6-5-10(20(22)23)7-13(11)17-9-19(16)8-15-18-12-3-1-2-4-14(12)24-15/h1-7,9H,8H2. The summed E-state index contributed by atoms with van der Waals surface area (Å²) >= 11 is 1.52. The zero-order valence-electron chi connectivity index (χ0n) is 12.2. The maximum absolute atomic E-state index is 12.6. The topological polar surface area (TPSA) is 90.9 Å². The molecule has 0 aliphatic heterocycles. The van der Waals surface area contributed by atoms with Crippen LogP contribution in [0.2, 0.25) is 0 Å². The Bertz CT molecular complexity index is 1120. The van der Waals surface area contributed by atoms with Gasteiger partial charge in [-0.15, -0.1) is 11.3 Å². The predicted octanol–water partition coefficient (Wildman–Crippen LogP) is 2.96. The fraction of sp³-hybridized carbons (Fsp3) is 0.0625. The van der Waals surface area contributed by atoms with E-state index < -0.39 is 4.92 Å². The van der Waals surface area contributed by atoms with E-state index in [9.17, 15) is 14.9 Å². The van der Waals surface area contributed by atoms with Gasteiger partial charge in [-0.3, -0.25) is 19.5 Å². The first-order chi connectivity index (χ1) is 11.6. The number of hydrogen-bond donors (Lipinski definition) is 0. The van der Waals surface area contributed by atoms with Crippen LogP contribution in [0.4, 0.5) is 5.69 Å². The summed E-state index contributed by atoms with van der Waals surface area (Å²) in [6.07, 6.45) is 1.40. The van der Waals surface area contributed by atoms with Gasteiger partial charge in [0.2, 0.25) is 0 Å². The molecule has 0 aliphatic rings. The molecule has 0 aliphatic carbocycles. The number of rotatable bonds is 3. The molecule has 4 rings (SSSR count). The van der Waals surface area contributed by atoms with Crippen molar-refractivity contribution in [3.05, 3.63) is 74.3 Å². The van der Waals surface area contributed by atoms with Crippen molar-refractivity contribution in [1.82, 2.24) is 14.5 Å². The Hall–Kier alpha value is -3.13. The monoisotopic (exact) mass is 338 g/mol. The van der Waals surface area contributed by atoms with Crippen LogP contribution in [0.3, 0.4) is 0 Å². The van der Waals surface area contributed by atoms with Gasteiger partial charge in [0.25, 0.3) is 11.2 Å². The molecule has 0 saturated heterocycles. The molecule has 0 atom stereocenters. The Morgan fingerprint density at radius 2 is 2.00 bits per heavy atom. The number of hydrogen-bond acceptors (Lipinski definition) is 6. The van der Waals surface area contributed by atoms with Crippen LogP contribution in [0.25, 0.3) is 21.1 Å². The lowest BCUT2D eigenvalue weighted by atomic mass is 10.2. The van der Waals surface area contributed by atoms with Crippen LogP contribution in [0.5, 0.6) is 0 Å². The fourth-order valence-electron chi connectivity index (χ4n) is 2.51. The van der Waals surface area contributed by atoms with Gasteiger partial charge in [-0.2, -0.15) is 0 Å². The van der Waals surface area contributed by atoms with Gasteiger partial charge in [-0.05, 0) is 18.2 Å². The number of nitro benzene ring substituents is 1. The first-order valence-corrected chi connectivity index (χ1v) is 7.91. The molecule has 0 bridgehead atoms. The third kappa shape index (κ3) is 2.42. The zero-order chi connectivity index (χ0) is 16.7. The van der Waals surface area contributed by atoms with Gasteiger partial charge in [0, 0.05) is 12.1 Å². The minimum absolute atomic E-state index is 0.0849. The summed E-state index contributed by atoms with van der Waals surface area (Å²) in [5.74, 6) is 0. The molecule has 7 nitrogen and oxygen atoms in total. The SMILES string of the molecule is O=c1c2ccc([N+](=O)[O-])cc2ncn1Cc1nc2ccccc2s1. The number of nitro groups is 1. The Balaban J connectivity index is 1.76. The molecule has 0 saturated carbocycles. The Morgan fingerprint density at radius 1 is 1.17 bits per heavy atom. The molecule has 2 heterocycles. The van der Waals surface area contributed by atoms with E-state index >= 15 is 0 Å². The summed E-state index contributed by atoms with van der Waals surface area (Å²) in [5, 5.41) is 12.0. The minimum Gasteiger partial charge on any atom is -0.292 e. The summed E-state index contributed by atoms with van der Waals surface area (Å²) in [5.41, 5.74) is 0.886. The van der Waals surface area contributed by atoms with Crippen molar-refractivity contribution < 1.29 is 4.92 Å². The second-order valence-corrected chi connectivity index (χ2v) is 6.33. The van der Waals surface area contributed by atoms with Gasteiger partial charge < -0.3 is 0 Å². The normalized spacial score (nSPS) is 11.2. The lowest BCUT2D eigenvalue weighted by molar-refractivity contribution is -0.384. The molecule has 4 aromatic rings. The van der Waals surface area contributed by atoms with Crippen LogP contribution in [-0.2, 0) is 6.54 Å². The van der Waals surface area contributed by atoms with Crippen molar-refractivity contribution in [2.75, 3.05) is 0 Å². The third-order valence-corrected chi connectivity index (χ3v) is 4.68. The molecule has 0 unspecified atom stereocenters. The fourth-order valence-corrected chi connectivity index (χ4v) is 3.47. The largest absolute Gasteiger partial charge is 0.292 e. The molecular weight excluding hydrogens is 328 g/mol. The number of fused-ring (bicyclic) bond motifs is 2. The van der Waals surface area contributed by atoms with E-state index in [-0.39, 0.29) is 11.2 Å². The Kier molecular flexibility index (Phi) is 3.31. The van der Waals surface area contributed by atoms with E-state index in [1.54, 1.807) is 0 Å². The molecule has 118 valence electrons. The number of thiazole rings is 1. The number of aromatic nitrogens is 3. The molecule has 0 radical (unpaired) electrons. The quantitative estimate of drug-likeness (QED) is 0.423. The molecule has 0 N–H and O–H groups in total. The third-order valence-electron chi connectivity index (χ3n) is 3.66. The van der Waals surface area contributed by atoms with Crippen LogP contribution in [0.1, 0.15) is 5.01 Å². The van der Waals surface area contributed by atoms with Crippen molar-refractivity contribution in [3.63, 3.8) is 0 Å². The van der Waals surface area contributed by atoms with Crippen LogP contribution >= 0.6 is 11.3 Å². The highest BCUT2D eigenvalue weighted by Crippen LogP contribution is 2.22. The second kappa shape index (κ2) is 5.50. The molecule has 8 heteroatoms. The molecule has 0 spiro atoms. The van der Waals surface area contributed by atoms with Crippen LogP contribution in [-0.4, -0.2) is 19.5 Å². The molecular formula is C16H10N4O3S. The zero-order valence-corrected chi connectivity index (χ0v) is 13.1. The second-order valence-electron chi connectivity index (χ2n) is 5.21. The molecule has 0 fully saturated rings. The average molecular weight is 338 g/mol. The van der Waals surface area contributed by atoms with Gasteiger partial charge in [0.15, 0.2) is 0 Å². The van der Waals surface area contributed by atoms with Gasteiger partial charge in [0.1, 0.15) is 5.01 Å². The Labute approximate surface area is 139 Å². The van der Waals surface area contributed by atoms with Crippen molar-refractivity contribution in [2.24, 2.45) is 0 Å². The predicted molar refractivity (Wildman–Crippen MR) is 91.4 cm³/mol.